The molecule has 0 atom stereocenters. The minimum absolute atomic E-state index is 0.111. The van der Waals surface area contributed by atoms with Gasteiger partial charge in [-0.1, -0.05) is 18.7 Å². The zero-order valence-corrected chi connectivity index (χ0v) is 19.0. The van der Waals surface area contributed by atoms with Crippen molar-refractivity contribution in [2.45, 2.75) is 12.8 Å². The molecule has 0 unspecified atom stereocenters. The number of allylic oxidation sites excluding steroid dienone is 2. The van der Waals surface area contributed by atoms with Gasteiger partial charge in [0.15, 0.2) is 0 Å². The van der Waals surface area contributed by atoms with Crippen molar-refractivity contribution in [1.29, 1.82) is 5.41 Å². The van der Waals surface area contributed by atoms with E-state index in [-0.39, 0.29) is 35.1 Å². The van der Waals surface area contributed by atoms with E-state index >= 15 is 0 Å². The Balaban J connectivity index is 0.000000266. The molecule has 0 aliphatic carbocycles. The van der Waals surface area contributed by atoms with Gasteiger partial charge in [-0.15, -0.1) is 0 Å². The number of amidine groups is 1. The van der Waals surface area contributed by atoms with Crippen LogP contribution in [0.3, 0.4) is 0 Å². The Morgan fingerprint density at radius 1 is 1.29 bits per heavy atom. The van der Waals surface area contributed by atoms with E-state index in [0.29, 0.717) is 6.42 Å². The number of methoxy groups -OCH3 is 1. The predicted octanol–water partition coefficient (Wildman–Crippen LogP) is 3.04. The van der Waals surface area contributed by atoms with E-state index in [1.54, 1.807) is 25.4 Å². The van der Waals surface area contributed by atoms with Gasteiger partial charge >= 0.3 is 0 Å². The number of nitrogens with two attached hydrogens (primary N) is 2. The van der Waals surface area contributed by atoms with Crippen molar-refractivity contribution < 1.29 is 18.3 Å². The molecule has 1 aliphatic heterocycles. The minimum Gasteiger partial charge on any atom is -0.497 e. The maximum atomic E-state index is 13.4. The SMILES string of the molecule is C=C1C=C(OC)C=CN1.CN=C(N)c1cc(F)c(CC=N)nc1N.O=CCc1ccc(F)cc1. The van der Waals surface area contributed by atoms with Crippen molar-refractivity contribution in [2.24, 2.45) is 10.7 Å². The number of hydrogen-bond acceptors (Lipinski definition) is 7. The lowest BCUT2D eigenvalue weighted by molar-refractivity contribution is -0.107. The quantitative estimate of drug-likeness (QED) is 0.291. The topological polar surface area (TPSA) is 139 Å². The second-order valence-corrected chi connectivity index (χ2v) is 6.62. The van der Waals surface area contributed by atoms with Crippen molar-refractivity contribution >= 4 is 24.2 Å². The molecule has 0 spiro atoms. The highest BCUT2D eigenvalue weighted by Crippen LogP contribution is 2.14. The first-order valence-corrected chi connectivity index (χ1v) is 9.97. The smallest absolute Gasteiger partial charge is 0.145 e. The minimum atomic E-state index is -0.533. The highest BCUT2D eigenvalue weighted by Gasteiger charge is 2.11. The van der Waals surface area contributed by atoms with Gasteiger partial charge in [0.25, 0.3) is 0 Å². The average molecular weight is 471 g/mol. The van der Waals surface area contributed by atoms with E-state index < -0.39 is 5.82 Å². The summed E-state index contributed by atoms with van der Waals surface area (Å²) in [4.78, 5) is 17.5. The monoisotopic (exact) mass is 470 g/mol. The number of anilines is 1. The number of aliphatic imine (C=N–C) groups is 1. The van der Waals surface area contributed by atoms with E-state index in [1.807, 2.05) is 12.2 Å². The fraction of sp³-hybridized carbons (Fsp3) is 0.167. The third kappa shape index (κ3) is 9.43. The van der Waals surface area contributed by atoms with Crippen LogP contribution in [0.2, 0.25) is 0 Å². The number of carbonyl (C=O) groups is 1. The summed E-state index contributed by atoms with van der Waals surface area (Å²) in [6.07, 6.45) is 7.80. The third-order valence-electron chi connectivity index (χ3n) is 4.19. The number of nitrogen functional groups attached to an aromatic ring is 1. The standard InChI is InChI=1S/C9H12FN5.C8H7FO.C7H9NO/c1-14-8(12)5-4-6(10)7(2-3-11)15-9(5)13;9-8-3-1-7(2-4-8)5-6-10;1-6-5-7(9-2)3-4-8-6/h3-4,11H,2H2,1H3,(H2,12,14)(H2,13,15);1-4,6H,5H2;3-5,8H,1H2,2H3. The molecule has 6 N–H and O–H groups in total. The first-order chi connectivity index (χ1) is 16.2. The highest BCUT2D eigenvalue weighted by molar-refractivity contribution is 6.01. The van der Waals surface area contributed by atoms with Crippen LogP contribution in [-0.4, -0.2) is 37.5 Å². The molecule has 2 heterocycles. The van der Waals surface area contributed by atoms with Crippen LogP contribution in [0.4, 0.5) is 14.6 Å². The lowest BCUT2D eigenvalue weighted by Gasteiger charge is -2.07. The zero-order valence-electron chi connectivity index (χ0n) is 19.0. The summed E-state index contributed by atoms with van der Waals surface area (Å²) in [6, 6.07) is 7.08. The summed E-state index contributed by atoms with van der Waals surface area (Å²) < 4.78 is 30.6. The Morgan fingerprint density at radius 3 is 2.47 bits per heavy atom. The van der Waals surface area contributed by atoms with Gasteiger partial charge in [-0.25, -0.2) is 13.8 Å². The van der Waals surface area contributed by atoms with E-state index in [4.69, 9.17) is 21.6 Å². The molecular weight excluding hydrogens is 442 g/mol. The van der Waals surface area contributed by atoms with E-state index in [9.17, 15) is 13.6 Å². The Morgan fingerprint density at radius 2 is 1.97 bits per heavy atom. The van der Waals surface area contributed by atoms with Gasteiger partial charge in [-0.05, 0) is 29.8 Å². The van der Waals surface area contributed by atoms with Crippen LogP contribution in [0.5, 0.6) is 0 Å². The van der Waals surface area contributed by atoms with Crippen molar-refractivity contribution in [3.63, 3.8) is 0 Å². The lowest BCUT2D eigenvalue weighted by Crippen LogP contribution is -2.17. The first-order valence-electron chi connectivity index (χ1n) is 9.97. The Kier molecular flexibility index (Phi) is 11.9. The van der Waals surface area contributed by atoms with E-state index in [2.05, 4.69) is 21.9 Å². The molecule has 1 aliphatic rings. The number of ether oxygens (including phenoxy) is 1. The van der Waals surface area contributed by atoms with Gasteiger partial charge in [0, 0.05) is 44.1 Å². The molecule has 10 heteroatoms. The number of aromatic nitrogens is 1. The molecule has 0 fully saturated rings. The Bertz CT molecular complexity index is 1080. The molecule has 34 heavy (non-hydrogen) atoms. The van der Waals surface area contributed by atoms with Gasteiger partial charge in [0.1, 0.15) is 35.3 Å². The predicted molar refractivity (Wildman–Crippen MR) is 130 cm³/mol. The number of dihydropyridines is 1. The molecule has 8 nitrogen and oxygen atoms in total. The number of carbonyl (C=O) groups excluding carboxylic acids is 1. The van der Waals surface area contributed by atoms with Crippen LogP contribution >= 0.6 is 0 Å². The number of rotatable bonds is 6. The maximum Gasteiger partial charge on any atom is 0.145 e. The second kappa shape index (κ2) is 14.7. The number of aldehydes is 1. The van der Waals surface area contributed by atoms with Crippen LogP contribution in [0, 0.1) is 17.0 Å². The van der Waals surface area contributed by atoms with Crippen LogP contribution in [0.25, 0.3) is 0 Å². The van der Waals surface area contributed by atoms with Crippen molar-refractivity contribution in [3.8, 4) is 0 Å². The number of nitrogens with zero attached hydrogens (tertiary/aromatic N) is 2. The van der Waals surface area contributed by atoms with E-state index in [1.165, 1.54) is 25.2 Å². The molecule has 0 bridgehead atoms. The first kappa shape index (κ1) is 27.7. The summed E-state index contributed by atoms with van der Waals surface area (Å²) in [5.41, 5.74) is 13.2. The fourth-order valence-corrected chi connectivity index (χ4v) is 2.44. The highest BCUT2D eigenvalue weighted by atomic mass is 19.1. The van der Waals surface area contributed by atoms with Gasteiger partial charge in [0.2, 0.25) is 0 Å². The van der Waals surface area contributed by atoms with Gasteiger partial charge in [0.05, 0.1) is 18.4 Å². The van der Waals surface area contributed by atoms with Crippen LogP contribution in [0.15, 0.2) is 71.7 Å². The number of benzene rings is 1. The molecular formula is C24H28F2N6O2. The largest absolute Gasteiger partial charge is 0.497 e. The average Bonchev–Trinajstić information content (AvgIpc) is 2.83. The molecule has 0 radical (unpaired) electrons. The second-order valence-electron chi connectivity index (χ2n) is 6.62. The van der Waals surface area contributed by atoms with Gasteiger partial charge < -0.3 is 31.7 Å². The summed E-state index contributed by atoms with van der Waals surface area (Å²) in [5.74, 6) is 0.291. The van der Waals surface area contributed by atoms with Crippen LogP contribution in [-0.2, 0) is 22.4 Å². The molecule has 180 valence electrons. The Labute approximate surface area is 197 Å². The van der Waals surface area contributed by atoms with E-state index in [0.717, 1.165) is 29.5 Å². The summed E-state index contributed by atoms with van der Waals surface area (Å²) in [5, 5.41) is 9.78. The third-order valence-corrected chi connectivity index (χ3v) is 4.19. The summed E-state index contributed by atoms with van der Waals surface area (Å²) in [6.45, 7) is 3.69. The number of pyridine rings is 1. The molecule has 1 aromatic carbocycles. The maximum absolute atomic E-state index is 13.4. The van der Waals surface area contributed by atoms with Crippen LogP contribution in [0.1, 0.15) is 16.8 Å². The normalized spacial score (nSPS) is 12.2. The van der Waals surface area contributed by atoms with Gasteiger partial charge in [-0.3, -0.25) is 4.99 Å². The van der Waals surface area contributed by atoms with Crippen molar-refractivity contribution in [3.05, 3.63) is 95.2 Å². The summed E-state index contributed by atoms with van der Waals surface area (Å²) >= 11 is 0. The zero-order chi connectivity index (χ0) is 25.5. The Hall–Kier alpha value is -4.34. The molecule has 0 amide bonds. The molecule has 3 rings (SSSR count). The van der Waals surface area contributed by atoms with Crippen molar-refractivity contribution in [2.75, 3.05) is 19.9 Å². The molecule has 0 saturated heterocycles. The van der Waals surface area contributed by atoms with Gasteiger partial charge in [-0.2, -0.15) is 0 Å². The fourth-order valence-electron chi connectivity index (χ4n) is 2.44. The lowest BCUT2D eigenvalue weighted by atomic mass is 10.2. The molecule has 1 aromatic heterocycles. The number of halogens is 2. The van der Waals surface area contributed by atoms with Crippen LogP contribution < -0.4 is 16.8 Å². The summed E-state index contributed by atoms with van der Waals surface area (Å²) in [7, 11) is 3.12. The van der Waals surface area contributed by atoms with Crippen molar-refractivity contribution in [1.82, 2.24) is 10.3 Å². The molecule has 0 saturated carbocycles. The number of hydrogen-bond donors (Lipinski definition) is 4. The number of nitrogens with one attached hydrogen (secondary N) is 2. The molecule has 2 aromatic rings.